The van der Waals surface area contributed by atoms with Crippen molar-refractivity contribution in [2.75, 3.05) is 30.8 Å². The van der Waals surface area contributed by atoms with Gasteiger partial charge in [-0.3, -0.25) is 0 Å². The summed E-state index contributed by atoms with van der Waals surface area (Å²) in [5.41, 5.74) is 1.49. The number of sulfonamides is 1. The SMILES string of the molecule is COc1ccc(Nc2cc(C)nc(NCCNS(=O)(=O)c3cc(F)ccc3F)n2)cc1. The number of aromatic nitrogens is 2. The fraction of sp³-hybridized carbons (Fsp3) is 0.200. The summed E-state index contributed by atoms with van der Waals surface area (Å²) in [6.45, 7) is 1.83. The van der Waals surface area contributed by atoms with Gasteiger partial charge in [-0.2, -0.15) is 4.98 Å². The molecule has 164 valence electrons. The van der Waals surface area contributed by atoms with E-state index in [9.17, 15) is 17.2 Å². The monoisotopic (exact) mass is 449 g/mol. The van der Waals surface area contributed by atoms with Crippen LogP contribution < -0.4 is 20.1 Å². The first kappa shape index (κ1) is 22.4. The Labute approximate surface area is 178 Å². The van der Waals surface area contributed by atoms with Crippen LogP contribution in [0.3, 0.4) is 0 Å². The highest BCUT2D eigenvalue weighted by Crippen LogP contribution is 2.20. The van der Waals surface area contributed by atoms with E-state index in [4.69, 9.17) is 4.74 Å². The van der Waals surface area contributed by atoms with Crippen LogP contribution >= 0.6 is 0 Å². The first-order valence-corrected chi connectivity index (χ1v) is 10.7. The van der Waals surface area contributed by atoms with E-state index in [0.717, 1.165) is 23.6 Å². The second kappa shape index (κ2) is 9.67. The van der Waals surface area contributed by atoms with Crippen molar-refractivity contribution in [2.24, 2.45) is 0 Å². The summed E-state index contributed by atoms with van der Waals surface area (Å²) < 4.78 is 58.7. The number of ether oxygens (including phenoxy) is 1. The van der Waals surface area contributed by atoms with E-state index in [1.165, 1.54) is 0 Å². The van der Waals surface area contributed by atoms with Crippen molar-refractivity contribution < 1.29 is 21.9 Å². The van der Waals surface area contributed by atoms with Crippen LogP contribution in [0.4, 0.5) is 26.2 Å². The molecule has 11 heteroatoms. The lowest BCUT2D eigenvalue weighted by molar-refractivity contribution is 0.415. The van der Waals surface area contributed by atoms with E-state index < -0.39 is 26.6 Å². The van der Waals surface area contributed by atoms with Gasteiger partial charge in [-0.05, 0) is 49.4 Å². The smallest absolute Gasteiger partial charge is 0.243 e. The van der Waals surface area contributed by atoms with Crippen LogP contribution in [0.15, 0.2) is 53.4 Å². The third kappa shape index (κ3) is 6.09. The second-order valence-corrected chi connectivity index (χ2v) is 8.21. The van der Waals surface area contributed by atoms with Crippen LogP contribution in [0.2, 0.25) is 0 Å². The first-order chi connectivity index (χ1) is 14.8. The molecular formula is C20H21F2N5O3S. The number of hydrogen-bond donors (Lipinski definition) is 3. The number of nitrogens with one attached hydrogen (secondary N) is 3. The van der Waals surface area contributed by atoms with Crippen LogP contribution in [0.25, 0.3) is 0 Å². The van der Waals surface area contributed by atoms with Gasteiger partial charge >= 0.3 is 0 Å². The van der Waals surface area contributed by atoms with Gasteiger partial charge in [0.2, 0.25) is 16.0 Å². The summed E-state index contributed by atoms with van der Waals surface area (Å²) in [5.74, 6) is -0.315. The summed E-state index contributed by atoms with van der Waals surface area (Å²) in [4.78, 5) is 7.84. The molecule has 2 aromatic carbocycles. The number of hydrogen-bond acceptors (Lipinski definition) is 7. The maximum Gasteiger partial charge on any atom is 0.243 e. The van der Waals surface area contributed by atoms with E-state index in [2.05, 4.69) is 25.3 Å². The molecule has 0 saturated carbocycles. The minimum atomic E-state index is -4.20. The van der Waals surface area contributed by atoms with E-state index >= 15 is 0 Å². The molecule has 3 aromatic rings. The van der Waals surface area contributed by atoms with Crippen LogP contribution in [-0.4, -0.2) is 38.6 Å². The van der Waals surface area contributed by atoms with E-state index in [1.807, 2.05) is 24.3 Å². The number of nitrogens with zero attached hydrogens (tertiary/aromatic N) is 2. The molecule has 0 amide bonds. The molecule has 0 aliphatic carbocycles. The topological polar surface area (TPSA) is 105 Å². The van der Waals surface area contributed by atoms with E-state index in [1.54, 1.807) is 20.1 Å². The van der Waals surface area contributed by atoms with Gasteiger partial charge in [0.1, 0.15) is 28.1 Å². The molecule has 0 aliphatic heterocycles. The Bertz CT molecular complexity index is 1160. The number of halogens is 2. The van der Waals surface area contributed by atoms with Gasteiger partial charge in [0.05, 0.1) is 7.11 Å². The Balaban J connectivity index is 1.59. The average molecular weight is 449 g/mol. The molecule has 0 saturated heterocycles. The summed E-state index contributed by atoms with van der Waals surface area (Å²) >= 11 is 0. The zero-order valence-electron chi connectivity index (χ0n) is 16.8. The highest BCUT2D eigenvalue weighted by Gasteiger charge is 2.19. The average Bonchev–Trinajstić information content (AvgIpc) is 2.73. The molecule has 0 aliphatic rings. The molecule has 8 nitrogen and oxygen atoms in total. The van der Waals surface area contributed by atoms with Crippen molar-refractivity contribution in [3.8, 4) is 5.75 Å². The van der Waals surface area contributed by atoms with Gasteiger partial charge in [-0.25, -0.2) is 26.9 Å². The molecule has 0 atom stereocenters. The quantitative estimate of drug-likeness (QED) is 0.431. The number of benzene rings is 2. The van der Waals surface area contributed by atoms with Crippen molar-refractivity contribution >= 4 is 27.5 Å². The minimum absolute atomic E-state index is 0.0865. The molecule has 3 N–H and O–H groups in total. The number of aryl methyl sites for hydroxylation is 1. The Morgan fingerprint density at radius 1 is 1.00 bits per heavy atom. The largest absolute Gasteiger partial charge is 0.497 e. The molecule has 0 fully saturated rings. The van der Waals surface area contributed by atoms with E-state index in [0.29, 0.717) is 17.6 Å². The molecule has 0 radical (unpaired) electrons. The summed E-state index contributed by atoms with van der Waals surface area (Å²) in [5, 5.41) is 6.05. The zero-order valence-corrected chi connectivity index (χ0v) is 17.6. The molecule has 1 aromatic heterocycles. The third-order valence-electron chi connectivity index (χ3n) is 4.10. The number of anilines is 3. The molecule has 0 spiro atoms. The van der Waals surface area contributed by atoms with Gasteiger partial charge in [-0.15, -0.1) is 0 Å². The predicted molar refractivity (Wildman–Crippen MR) is 113 cm³/mol. The van der Waals surface area contributed by atoms with Crippen LogP contribution in [0, 0.1) is 18.6 Å². The third-order valence-corrected chi connectivity index (χ3v) is 5.58. The van der Waals surface area contributed by atoms with Gasteiger partial charge < -0.3 is 15.4 Å². The standard InChI is InChI=1S/C20H21F2N5O3S/c1-13-11-19(26-15-4-6-16(30-2)7-5-15)27-20(25-13)23-9-10-24-31(28,29)18-12-14(21)3-8-17(18)22/h3-8,11-12,24H,9-10H2,1-2H3,(H2,23,25,26,27). The maximum absolute atomic E-state index is 13.7. The molecule has 31 heavy (non-hydrogen) atoms. The normalized spacial score (nSPS) is 11.2. The molecule has 1 heterocycles. The minimum Gasteiger partial charge on any atom is -0.497 e. The fourth-order valence-corrected chi connectivity index (χ4v) is 3.77. The molecule has 0 unspecified atom stereocenters. The number of methoxy groups -OCH3 is 1. The van der Waals surface area contributed by atoms with Crippen molar-refractivity contribution in [3.05, 3.63) is 65.9 Å². The lowest BCUT2D eigenvalue weighted by Crippen LogP contribution is -2.30. The Morgan fingerprint density at radius 3 is 2.45 bits per heavy atom. The summed E-state index contributed by atoms with van der Waals surface area (Å²) in [7, 11) is -2.61. The van der Waals surface area contributed by atoms with E-state index in [-0.39, 0.29) is 19.0 Å². The first-order valence-electron chi connectivity index (χ1n) is 9.22. The lowest BCUT2D eigenvalue weighted by atomic mass is 10.3. The highest BCUT2D eigenvalue weighted by molar-refractivity contribution is 7.89. The van der Waals surface area contributed by atoms with Crippen molar-refractivity contribution in [1.29, 1.82) is 0 Å². The summed E-state index contributed by atoms with van der Waals surface area (Å²) in [6, 6.07) is 11.3. The highest BCUT2D eigenvalue weighted by atomic mass is 32.2. The molecule has 0 bridgehead atoms. The Morgan fingerprint density at radius 2 is 1.74 bits per heavy atom. The molecule has 3 rings (SSSR count). The van der Waals surface area contributed by atoms with Gasteiger partial charge in [0.25, 0.3) is 0 Å². The van der Waals surface area contributed by atoms with Crippen molar-refractivity contribution in [1.82, 2.24) is 14.7 Å². The van der Waals surface area contributed by atoms with Crippen molar-refractivity contribution in [3.63, 3.8) is 0 Å². The fourth-order valence-electron chi connectivity index (χ4n) is 2.65. The van der Waals surface area contributed by atoms with Crippen LogP contribution in [-0.2, 0) is 10.0 Å². The van der Waals surface area contributed by atoms with Gasteiger partial charge in [-0.1, -0.05) is 0 Å². The maximum atomic E-state index is 13.7. The van der Waals surface area contributed by atoms with Crippen molar-refractivity contribution in [2.45, 2.75) is 11.8 Å². The predicted octanol–water partition coefficient (Wildman–Crippen LogP) is 3.21. The summed E-state index contributed by atoms with van der Waals surface area (Å²) in [6.07, 6.45) is 0. The number of rotatable bonds is 9. The van der Waals surface area contributed by atoms with Gasteiger partial charge in [0, 0.05) is 30.5 Å². The lowest BCUT2D eigenvalue weighted by Gasteiger charge is -2.11. The van der Waals surface area contributed by atoms with Crippen LogP contribution in [0.1, 0.15) is 5.69 Å². The Kier molecular flexibility index (Phi) is 6.98. The van der Waals surface area contributed by atoms with Crippen LogP contribution in [0.5, 0.6) is 5.75 Å². The second-order valence-electron chi connectivity index (χ2n) is 6.47. The van der Waals surface area contributed by atoms with Gasteiger partial charge in [0.15, 0.2) is 0 Å². The zero-order chi connectivity index (χ0) is 22.4. The Hall–Kier alpha value is -3.31. The molecular weight excluding hydrogens is 428 g/mol.